The number of fused-ring (bicyclic) bond motifs is 1. The summed E-state index contributed by atoms with van der Waals surface area (Å²) in [6.45, 7) is 7.14. The van der Waals surface area contributed by atoms with Gasteiger partial charge in [-0.05, 0) is 26.0 Å². The molecule has 0 unspecified atom stereocenters. The lowest BCUT2D eigenvalue weighted by Gasteiger charge is -2.16. The van der Waals surface area contributed by atoms with Gasteiger partial charge in [0.05, 0.1) is 29.1 Å². The minimum absolute atomic E-state index is 0.314. The molecule has 0 spiro atoms. The number of phenols is 1. The molecular weight excluding hydrogens is 248 g/mol. The van der Waals surface area contributed by atoms with Gasteiger partial charge in [-0.2, -0.15) is 0 Å². The van der Waals surface area contributed by atoms with Gasteiger partial charge in [0.15, 0.2) is 11.9 Å². The van der Waals surface area contributed by atoms with Crippen LogP contribution in [-0.2, 0) is 6.54 Å². The second kappa shape index (κ2) is 5.55. The summed E-state index contributed by atoms with van der Waals surface area (Å²) in [4.78, 5) is 4.48. The van der Waals surface area contributed by atoms with Gasteiger partial charge in [0.2, 0.25) is 0 Å². The van der Waals surface area contributed by atoms with Crippen LogP contribution in [0.15, 0.2) is 24.4 Å². The molecule has 0 fully saturated rings. The van der Waals surface area contributed by atoms with Crippen LogP contribution in [-0.4, -0.2) is 18.2 Å². The molecule has 0 saturated heterocycles. The summed E-state index contributed by atoms with van der Waals surface area (Å²) >= 11 is 6.26. The normalized spacial score (nSPS) is 11.3. The predicted octanol–water partition coefficient (Wildman–Crippen LogP) is 1.44. The van der Waals surface area contributed by atoms with Crippen molar-refractivity contribution in [3.63, 3.8) is 0 Å². The number of halogens is 1. The highest BCUT2D eigenvalue weighted by Crippen LogP contribution is 2.30. The molecule has 1 aromatic heterocycles. The lowest BCUT2D eigenvalue weighted by atomic mass is 10.1. The molecule has 0 radical (unpaired) electrons. The van der Waals surface area contributed by atoms with Crippen LogP contribution >= 0.6 is 11.6 Å². The minimum Gasteiger partial charge on any atom is -0.502 e. The monoisotopic (exact) mass is 266 g/mol. The zero-order valence-electron chi connectivity index (χ0n) is 10.8. The lowest BCUT2D eigenvalue weighted by Crippen LogP contribution is -3.10. The van der Waals surface area contributed by atoms with Crippen LogP contribution < -0.4 is 9.88 Å². The van der Waals surface area contributed by atoms with Gasteiger partial charge in [-0.15, -0.1) is 0 Å². The number of benzene rings is 1. The third-order valence-corrected chi connectivity index (χ3v) is 3.71. The molecule has 4 heteroatoms. The molecule has 0 aliphatic heterocycles. The molecule has 2 aromatic rings. The largest absolute Gasteiger partial charge is 0.502 e. The summed E-state index contributed by atoms with van der Waals surface area (Å²) in [5, 5.41) is 11.8. The van der Waals surface area contributed by atoms with Crippen molar-refractivity contribution in [2.45, 2.75) is 20.4 Å². The summed E-state index contributed by atoms with van der Waals surface area (Å²) in [5.74, 6) is 0.314. The fraction of sp³-hybridized carbons (Fsp3) is 0.357. The van der Waals surface area contributed by atoms with E-state index in [2.05, 4.69) is 18.8 Å². The first-order valence-electron chi connectivity index (χ1n) is 6.31. The van der Waals surface area contributed by atoms with Crippen LogP contribution in [0.1, 0.15) is 19.4 Å². The van der Waals surface area contributed by atoms with Crippen molar-refractivity contribution in [3.05, 3.63) is 35.0 Å². The average molecular weight is 267 g/mol. The summed E-state index contributed by atoms with van der Waals surface area (Å²) in [7, 11) is 0. The number of hydrogen-bond acceptors (Lipinski definition) is 1. The van der Waals surface area contributed by atoms with E-state index in [1.165, 1.54) is 4.90 Å². The van der Waals surface area contributed by atoms with Gasteiger partial charge < -0.3 is 10.0 Å². The molecule has 0 atom stereocenters. The van der Waals surface area contributed by atoms with Gasteiger partial charge in [0, 0.05) is 6.07 Å². The SMILES string of the molecule is CC[NH+](CC)Cc1cc(Cl)c2ccc[nH+]c2c1O. The van der Waals surface area contributed by atoms with E-state index in [4.69, 9.17) is 11.6 Å². The third-order valence-electron chi connectivity index (χ3n) is 3.40. The van der Waals surface area contributed by atoms with Crippen LogP contribution in [0, 0.1) is 0 Å². The Labute approximate surface area is 112 Å². The highest BCUT2D eigenvalue weighted by atomic mass is 35.5. The van der Waals surface area contributed by atoms with Crippen LogP contribution in [0.5, 0.6) is 5.75 Å². The maximum atomic E-state index is 10.3. The van der Waals surface area contributed by atoms with Crippen molar-refractivity contribution in [1.82, 2.24) is 0 Å². The zero-order chi connectivity index (χ0) is 13.1. The van der Waals surface area contributed by atoms with Crippen molar-refractivity contribution in [3.8, 4) is 5.75 Å². The van der Waals surface area contributed by atoms with Gasteiger partial charge in [-0.3, -0.25) is 0 Å². The second-order valence-corrected chi connectivity index (χ2v) is 4.87. The van der Waals surface area contributed by atoms with Crippen LogP contribution in [0.3, 0.4) is 0 Å². The zero-order valence-corrected chi connectivity index (χ0v) is 11.5. The molecule has 0 aliphatic carbocycles. The molecule has 0 amide bonds. The molecule has 0 bridgehead atoms. The Balaban J connectivity index is 2.49. The summed E-state index contributed by atoms with van der Waals surface area (Å²) in [6, 6.07) is 5.66. The number of H-pyrrole nitrogens is 1. The number of quaternary nitrogens is 1. The van der Waals surface area contributed by atoms with E-state index in [1.54, 1.807) is 6.20 Å². The van der Waals surface area contributed by atoms with Gasteiger partial charge in [-0.25, -0.2) is 4.98 Å². The minimum atomic E-state index is 0.314. The number of phenolic OH excluding ortho intramolecular Hbond substituents is 1. The predicted molar refractivity (Wildman–Crippen MR) is 72.9 cm³/mol. The van der Waals surface area contributed by atoms with Crippen LogP contribution in [0.25, 0.3) is 10.9 Å². The Kier molecular flexibility index (Phi) is 4.04. The summed E-state index contributed by atoms with van der Waals surface area (Å²) in [6.07, 6.45) is 1.80. The quantitative estimate of drug-likeness (QED) is 0.864. The molecule has 3 nitrogen and oxygen atoms in total. The lowest BCUT2D eigenvalue weighted by molar-refractivity contribution is -0.910. The Hall–Kier alpha value is -1.32. The van der Waals surface area contributed by atoms with Gasteiger partial charge in [0.1, 0.15) is 6.54 Å². The molecule has 0 saturated carbocycles. The first-order chi connectivity index (χ1) is 8.67. The molecule has 1 aromatic carbocycles. The van der Waals surface area contributed by atoms with Crippen LogP contribution in [0.4, 0.5) is 0 Å². The smallest absolute Gasteiger partial charge is 0.255 e. The fourth-order valence-corrected chi connectivity index (χ4v) is 2.48. The molecule has 1 heterocycles. The standard InChI is InChI=1S/C14H17ClN2O/c1-3-17(4-2)9-10-8-12(15)11-6-5-7-16-13(11)14(10)18/h5-8,18H,3-4,9H2,1-2H3/p+2. The topological polar surface area (TPSA) is 38.8 Å². The Morgan fingerprint density at radius 1 is 1.33 bits per heavy atom. The summed E-state index contributed by atoms with van der Waals surface area (Å²) < 4.78 is 0. The Morgan fingerprint density at radius 2 is 2.06 bits per heavy atom. The molecule has 3 N–H and O–H groups in total. The van der Waals surface area contributed by atoms with Crippen molar-refractivity contribution < 1.29 is 15.0 Å². The first kappa shape index (κ1) is 13.1. The first-order valence-corrected chi connectivity index (χ1v) is 6.69. The number of rotatable bonds is 4. The van der Waals surface area contributed by atoms with E-state index >= 15 is 0 Å². The highest BCUT2D eigenvalue weighted by Gasteiger charge is 2.18. The second-order valence-electron chi connectivity index (χ2n) is 4.46. The Bertz CT molecular complexity index is 553. The van der Waals surface area contributed by atoms with Crippen molar-refractivity contribution >= 4 is 22.5 Å². The van der Waals surface area contributed by atoms with E-state index in [0.29, 0.717) is 16.3 Å². The maximum Gasteiger partial charge on any atom is 0.255 e. The number of aromatic hydroxyl groups is 1. The van der Waals surface area contributed by atoms with Crippen molar-refractivity contribution in [1.29, 1.82) is 0 Å². The van der Waals surface area contributed by atoms with E-state index in [0.717, 1.165) is 30.6 Å². The number of pyridine rings is 1. The van der Waals surface area contributed by atoms with Gasteiger partial charge in [-0.1, -0.05) is 11.6 Å². The molecule has 2 rings (SSSR count). The number of aromatic amines is 1. The van der Waals surface area contributed by atoms with Crippen molar-refractivity contribution in [2.75, 3.05) is 13.1 Å². The third kappa shape index (κ3) is 2.42. The van der Waals surface area contributed by atoms with E-state index < -0.39 is 0 Å². The van der Waals surface area contributed by atoms with Crippen LogP contribution in [0.2, 0.25) is 5.02 Å². The average Bonchev–Trinajstić information content (AvgIpc) is 2.41. The van der Waals surface area contributed by atoms with E-state index in [1.807, 2.05) is 18.2 Å². The van der Waals surface area contributed by atoms with Crippen molar-refractivity contribution in [2.24, 2.45) is 0 Å². The molecule has 96 valence electrons. The molecular formula is C14H19ClN2O+2. The van der Waals surface area contributed by atoms with E-state index in [9.17, 15) is 5.11 Å². The maximum absolute atomic E-state index is 10.3. The van der Waals surface area contributed by atoms with Gasteiger partial charge >= 0.3 is 0 Å². The molecule has 18 heavy (non-hydrogen) atoms. The number of nitrogens with one attached hydrogen (secondary N) is 2. The fourth-order valence-electron chi connectivity index (χ4n) is 2.20. The van der Waals surface area contributed by atoms with Gasteiger partial charge in [0.25, 0.3) is 5.52 Å². The molecule has 0 aliphatic rings. The van der Waals surface area contributed by atoms with E-state index in [-0.39, 0.29) is 0 Å². The highest BCUT2D eigenvalue weighted by molar-refractivity contribution is 6.35. The summed E-state index contributed by atoms with van der Waals surface area (Å²) in [5.41, 5.74) is 1.61. The number of hydrogen-bond donors (Lipinski definition) is 2. The number of aromatic nitrogens is 1. The Morgan fingerprint density at radius 3 is 2.72 bits per heavy atom.